The lowest BCUT2D eigenvalue weighted by atomic mass is 9.95. The SMILES string of the molecule is O=C1c2[nH]nc(-c3ccccc3O)c2C(c2cccc(Br)c2)N1CCCO. The molecule has 4 rings (SSSR count). The Morgan fingerprint density at radius 1 is 1.19 bits per heavy atom. The molecule has 1 amide bonds. The highest BCUT2D eigenvalue weighted by Gasteiger charge is 2.42. The summed E-state index contributed by atoms with van der Waals surface area (Å²) in [5.41, 5.74) is 3.25. The number of hydrogen-bond donors (Lipinski definition) is 3. The van der Waals surface area contributed by atoms with Crippen molar-refractivity contribution in [3.05, 3.63) is 69.8 Å². The molecule has 1 aromatic heterocycles. The standard InChI is InChI=1S/C20H18BrN3O3/c21-13-6-3-5-12(11-13)19-16-17(14-7-1-2-8-15(14)26)22-23-18(16)20(27)24(19)9-4-10-25/h1-3,5-8,11,19,25-26H,4,9-10H2,(H,22,23). The Morgan fingerprint density at radius 2 is 2.00 bits per heavy atom. The highest BCUT2D eigenvalue weighted by Crippen LogP contribution is 2.44. The molecule has 0 saturated carbocycles. The Hall–Kier alpha value is -2.64. The summed E-state index contributed by atoms with van der Waals surface area (Å²) in [5.74, 6) is -0.0429. The molecule has 0 radical (unpaired) electrons. The highest BCUT2D eigenvalue weighted by atomic mass is 79.9. The van der Waals surface area contributed by atoms with Crippen molar-refractivity contribution in [1.82, 2.24) is 15.1 Å². The van der Waals surface area contributed by atoms with Crippen LogP contribution in [0.4, 0.5) is 0 Å². The number of amides is 1. The first-order valence-electron chi connectivity index (χ1n) is 8.65. The summed E-state index contributed by atoms with van der Waals surface area (Å²) in [6.07, 6.45) is 0.486. The van der Waals surface area contributed by atoms with Crippen LogP contribution in [0.25, 0.3) is 11.3 Å². The minimum absolute atomic E-state index is 0.00744. The molecule has 2 aromatic carbocycles. The molecule has 3 N–H and O–H groups in total. The fraction of sp³-hybridized carbons (Fsp3) is 0.200. The van der Waals surface area contributed by atoms with E-state index in [1.807, 2.05) is 30.3 Å². The predicted molar refractivity (Wildman–Crippen MR) is 104 cm³/mol. The molecule has 1 unspecified atom stereocenters. The van der Waals surface area contributed by atoms with Gasteiger partial charge in [-0.3, -0.25) is 9.89 Å². The number of aromatic amines is 1. The maximum atomic E-state index is 13.0. The molecular weight excluding hydrogens is 410 g/mol. The molecular formula is C20H18BrN3O3. The second-order valence-corrected chi connectivity index (χ2v) is 7.33. The van der Waals surface area contributed by atoms with E-state index >= 15 is 0 Å². The topological polar surface area (TPSA) is 89.5 Å². The first-order chi connectivity index (χ1) is 13.1. The fourth-order valence-corrected chi connectivity index (χ4v) is 3.99. The molecule has 0 aliphatic carbocycles. The molecule has 6 nitrogen and oxygen atoms in total. The van der Waals surface area contributed by atoms with Crippen molar-refractivity contribution in [2.24, 2.45) is 0 Å². The number of halogens is 1. The summed E-state index contributed by atoms with van der Waals surface area (Å²) in [6.45, 7) is 0.433. The van der Waals surface area contributed by atoms with Gasteiger partial charge in [0.15, 0.2) is 0 Å². The van der Waals surface area contributed by atoms with E-state index in [1.165, 1.54) is 0 Å². The number of aromatic hydroxyl groups is 1. The van der Waals surface area contributed by atoms with Gasteiger partial charge in [-0.05, 0) is 36.2 Å². The molecule has 3 aromatic rings. The van der Waals surface area contributed by atoms with Gasteiger partial charge < -0.3 is 15.1 Å². The lowest BCUT2D eigenvalue weighted by Crippen LogP contribution is -2.31. The van der Waals surface area contributed by atoms with Crippen LogP contribution in [0.1, 0.15) is 34.1 Å². The number of aliphatic hydroxyl groups excluding tert-OH is 1. The van der Waals surface area contributed by atoms with Gasteiger partial charge in [-0.1, -0.05) is 40.2 Å². The molecule has 7 heteroatoms. The smallest absolute Gasteiger partial charge is 0.273 e. The summed E-state index contributed by atoms with van der Waals surface area (Å²) >= 11 is 3.50. The molecule has 27 heavy (non-hydrogen) atoms. The van der Waals surface area contributed by atoms with Gasteiger partial charge in [0.05, 0.1) is 6.04 Å². The van der Waals surface area contributed by atoms with E-state index < -0.39 is 0 Å². The zero-order chi connectivity index (χ0) is 19.0. The van der Waals surface area contributed by atoms with Crippen molar-refractivity contribution in [3.8, 4) is 17.0 Å². The lowest BCUT2D eigenvalue weighted by molar-refractivity contribution is 0.0732. The number of H-pyrrole nitrogens is 1. The van der Waals surface area contributed by atoms with Crippen molar-refractivity contribution in [3.63, 3.8) is 0 Å². The number of para-hydroxylation sites is 1. The summed E-state index contributed by atoms with van der Waals surface area (Å²) < 4.78 is 0.913. The first-order valence-corrected chi connectivity index (χ1v) is 9.45. The number of fused-ring (bicyclic) bond motifs is 1. The van der Waals surface area contributed by atoms with Crippen molar-refractivity contribution in [1.29, 1.82) is 0 Å². The van der Waals surface area contributed by atoms with Crippen LogP contribution in [0.2, 0.25) is 0 Å². The Morgan fingerprint density at radius 3 is 2.74 bits per heavy atom. The highest BCUT2D eigenvalue weighted by molar-refractivity contribution is 9.10. The van der Waals surface area contributed by atoms with Gasteiger partial charge in [-0.2, -0.15) is 5.10 Å². The number of rotatable bonds is 5. The molecule has 0 spiro atoms. The number of benzene rings is 2. The van der Waals surface area contributed by atoms with Gasteiger partial charge in [0.1, 0.15) is 17.1 Å². The van der Waals surface area contributed by atoms with Gasteiger partial charge in [-0.15, -0.1) is 0 Å². The van der Waals surface area contributed by atoms with Crippen LogP contribution in [0.15, 0.2) is 53.0 Å². The van der Waals surface area contributed by atoms with Crippen LogP contribution in [0.5, 0.6) is 5.75 Å². The number of nitrogens with zero attached hydrogens (tertiary/aromatic N) is 2. The summed E-state index contributed by atoms with van der Waals surface area (Å²) in [7, 11) is 0. The molecule has 1 aliphatic heterocycles. The lowest BCUT2D eigenvalue weighted by Gasteiger charge is -2.26. The van der Waals surface area contributed by atoms with E-state index in [0.29, 0.717) is 29.9 Å². The van der Waals surface area contributed by atoms with Crippen LogP contribution in [0.3, 0.4) is 0 Å². The Bertz CT molecular complexity index is 1000. The van der Waals surface area contributed by atoms with Gasteiger partial charge in [0.25, 0.3) is 5.91 Å². The zero-order valence-corrected chi connectivity index (χ0v) is 16.0. The predicted octanol–water partition coefficient (Wildman–Crippen LogP) is 3.47. The van der Waals surface area contributed by atoms with Gasteiger partial charge in [0, 0.05) is 28.8 Å². The van der Waals surface area contributed by atoms with Crippen molar-refractivity contribution < 1.29 is 15.0 Å². The van der Waals surface area contributed by atoms with E-state index in [-0.39, 0.29) is 24.3 Å². The van der Waals surface area contributed by atoms with Crippen LogP contribution in [0, 0.1) is 0 Å². The normalized spacial score (nSPS) is 16.0. The van der Waals surface area contributed by atoms with Crippen LogP contribution in [-0.2, 0) is 0 Å². The van der Waals surface area contributed by atoms with E-state index in [4.69, 9.17) is 0 Å². The van der Waals surface area contributed by atoms with Crippen molar-refractivity contribution in [2.45, 2.75) is 12.5 Å². The maximum absolute atomic E-state index is 13.0. The number of hydrogen-bond acceptors (Lipinski definition) is 4. The van der Waals surface area contributed by atoms with Crippen LogP contribution < -0.4 is 0 Å². The Balaban J connectivity index is 1.89. The average Bonchev–Trinajstić information content (AvgIpc) is 3.20. The number of carbonyl (C=O) groups is 1. The number of nitrogens with one attached hydrogen (secondary N) is 1. The Kier molecular flexibility index (Phi) is 4.72. The number of aromatic nitrogens is 2. The van der Waals surface area contributed by atoms with Gasteiger partial charge in [0.2, 0.25) is 0 Å². The van der Waals surface area contributed by atoms with Crippen molar-refractivity contribution in [2.75, 3.05) is 13.2 Å². The third-order valence-electron chi connectivity index (χ3n) is 4.74. The number of carbonyl (C=O) groups excluding carboxylic acids is 1. The van der Waals surface area contributed by atoms with E-state index in [9.17, 15) is 15.0 Å². The van der Waals surface area contributed by atoms with E-state index in [2.05, 4.69) is 26.1 Å². The molecule has 0 fully saturated rings. The number of phenolic OH excluding ortho intramolecular Hbond substituents is 1. The molecule has 1 aliphatic rings. The average molecular weight is 428 g/mol. The molecule has 0 saturated heterocycles. The first kappa shape index (κ1) is 17.8. The fourth-order valence-electron chi connectivity index (χ4n) is 3.57. The zero-order valence-electron chi connectivity index (χ0n) is 14.4. The second kappa shape index (κ2) is 7.17. The monoisotopic (exact) mass is 427 g/mol. The largest absolute Gasteiger partial charge is 0.507 e. The number of aliphatic hydroxyl groups is 1. The summed E-state index contributed by atoms with van der Waals surface area (Å²) in [4.78, 5) is 14.7. The molecule has 138 valence electrons. The number of phenols is 1. The molecule has 2 heterocycles. The minimum Gasteiger partial charge on any atom is -0.507 e. The van der Waals surface area contributed by atoms with Crippen LogP contribution in [-0.4, -0.2) is 44.4 Å². The van der Waals surface area contributed by atoms with E-state index in [1.54, 1.807) is 23.1 Å². The quantitative estimate of drug-likeness (QED) is 0.581. The summed E-state index contributed by atoms with van der Waals surface area (Å²) in [5, 5.41) is 26.7. The third-order valence-corrected chi connectivity index (χ3v) is 5.24. The Labute approximate surface area is 164 Å². The van der Waals surface area contributed by atoms with Gasteiger partial charge >= 0.3 is 0 Å². The van der Waals surface area contributed by atoms with E-state index in [0.717, 1.165) is 15.6 Å². The third kappa shape index (κ3) is 3.02. The molecule has 0 bridgehead atoms. The molecule has 1 atom stereocenters. The second-order valence-electron chi connectivity index (χ2n) is 6.41. The van der Waals surface area contributed by atoms with Gasteiger partial charge in [-0.25, -0.2) is 0 Å². The minimum atomic E-state index is -0.343. The maximum Gasteiger partial charge on any atom is 0.273 e. The summed E-state index contributed by atoms with van der Waals surface area (Å²) in [6, 6.07) is 14.4. The van der Waals surface area contributed by atoms with Crippen molar-refractivity contribution >= 4 is 21.8 Å². The van der Waals surface area contributed by atoms with Crippen LogP contribution >= 0.6 is 15.9 Å².